The van der Waals surface area contributed by atoms with Crippen LogP contribution >= 0.6 is 12.4 Å². The predicted octanol–water partition coefficient (Wildman–Crippen LogP) is 3.62. The van der Waals surface area contributed by atoms with Crippen LogP contribution in [0.25, 0.3) is 27.3 Å². The summed E-state index contributed by atoms with van der Waals surface area (Å²) in [5, 5.41) is 4.78. The van der Waals surface area contributed by atoms with Crippen molar-refractivity contribution in [3.8, 4) is 5.75 Å². The van der Waals surface area contributed by atoms with Crippen LogP contribution in [0.3, 0.4) is 0 Å². The number of ether oxygens (including phenoxy) is 1. The lowest BCUT2D eigenvalue weighted by Gasteiger charge is -2.19. The van der Waals surface area contributed by atoms with Gasteiger partial charge in [-0.1, -0.05) is 13.8 Å². The highest BCUT2D eigenvalue weighted by atomic mass is 35.5. The van der Waals surface area contributed by atoms with E-state index >= 15 is 0 Å². The average Bonchev–Trinajstić information content (AvgIpc) is 3.14. The summed E-state index contributed by atoms with van der Waals surface area (Å²) >= 11 is 0. The summed E-state index contributed by atoms with van der Waals surface area (Å²) in [5.74, 6) is 0.675. The first kappa shape index (κ1) is 20.2. The second-order valence-corrected chi connectivity index (χ2v) is 6.64. The lowest BCUT2D eigenvalue weighted by atomic mass is 10.1. The van der Waals surface area contributed by atoms with Crippen LogP contribution in [0.1, 0.15) is 13.8 Å². The minimum Gasteiger partial charge on any atom is -0.497 e. The van der Waals surface area contributed by atoms with Crippen LogP contribution in [0.15, 0.2) is 41.5 Å². The number of benzene rings is 2. The van der Waals surface area contributed by atoms with Crippen LogP contribution in [0.2, 0.25) is 0 Å². The number of anilines is 1. The molecule has 6 nitrogen and oxygen atoms in total. The topological polar surface area (TPSA) is 58.9 Å². The monoisotopic (exact) mass is 400 g/mol. The lowest BCUT2D eigenvalue weighted by molar-refractivity contribution is 0.316. The molecule has 0 atom stereocenters. The Morgan fingerprint density at radius 3 is 2.68 bits per heavy atom. The molecule has 148 valence electrons. The quantitative estimate of drug-likeness (QED) is 0.480. The SMILES string of the molecule is CCN(CC)CCNc1ccc2ncn3c4ccc(OC)cc4c(=O)c1c23.Cl. The number of fused-ring (bicyclic) bond motifs is 2. The van der Waals surface area contributed by atoms with Gasteiger partial charge in [0.2, 0.25) is 0 Å². The Bertz CT molecular complexity index is 1150. The van der Waals surface area contributed by atoms with Crippen LogP contribution < -0.4 is 15.5 Å². The highest BCUT2D eigenvalue weighted by Crippen LogP contribution is 2.29. The van der Waals surface area contributed by atoms with Gasteiger partial charge in [0.25, 0.3) is 0 Å². The van der Waals surface area contributed by atoms with Crippen LogP contribution in [0.4, 0.5) is 5.69 Å². The molecule has 28 heavy (non-hydrogen) atoms. The van der Waals surface area contributed by atoms with Gasteiger partial charge in [-0.25, -0.2) is 4.98 Å². The predicted molar refractivity (Wildman–Crippen MR) is 118 cm³/mol. The largest absolute Gasteiger partial charge is 0.497 e. The molecule has 0 aliphatic heterocycles. The van der Waals surface area contributed by atoms with E-state index in [9.17, 15) is 4.79 Å². The smallest absolute Gasteiger partial charge is 0.199 e. The summed E-state index contributed by atoms with van der Waals surface area (Å²) in [7, 11) is 1.61. The molecule has 7 heteroatoms. The van der Waals surface area contributed by atoms with Gasteiger partial charge in [-0.2, -0.15) is 0 Å². The van der Waals surface area contributed by atoms with Gasteiger partial charge in [0.05, 0.1) is 34.4 Å². The number of nitrogens with zero attached hydrogens (tertiary/aromatic N) is 3. The van der Waals surface area contributed by atoms with Crippen molar-refractivity contribution in [2.24, 2.45) is 0 Å². The maximum absolute atomic E-state index is 13.3. The normalized spacial score (nSPS) is 11.4. The van der Waals surface area contributed by atoms with Gasteiger partial charge in [-0.3, -0.25) is 9.20 Å². The van der Waals surface area contributed by atoms with Crippen molar-refractivity contribution in [1.29, 1.82) is 0 Å². The van der Waals surface area contributed by atoms with Gasteiger partial charge >= 0.3 is 0 Å². The second-order valence-electron chi connectivity index (χ2n) is 6.64. The molecule has 0 radical (unpaired) electrons. The van der Waals surface area contributed by atoms with Crippen molar-refractivity contribution < 1.29 is 4.74 Å². The standard InChI is InChI=1S/C21H24N4O2.ClH/c1-4-24(5-2)11-10-22-16-7-8-17-20-19(16)21(26)15-12-14(27-3)6-9-18(15)25(20)13-23-17;/h6-9,12-13,22H,4-5,10-11H2,1-3H3;1H. The van der Waals surface area contributed by atoms with Crippen LogP contribution in [-0.2, 0) is 0 Å². The van der Waals surface area contributed by atoms with E-state index < -0.39 is 0 Å². The van der Waals surface area contributed by atoms with Gasteiger partial charge in [0, 0.05) is 18.8 Å². The van der Waals surface area contributed by atoms with E-state index in [4.69, 9.17) is 4.74 Å². The third kappa shape index (κ3) is 3.23. The summed E-state index contributed by atoms with van der Waals surface area (Å²) in [6.45, 7) is 8.07. The summed E-state index contributed by atoms with van der Waals surface area (Å²) in [4.78, 5) is 20.2. The zero-order valence-corrected chi connectivity index (χ0v) is 17.2. The first-order chi connectivity index (χ1) is 13.2. The Kier molecular flexibility index (Phi) is 5.91. The zero-order valence-electron chi connectivity index (χ0n) is 16.4. The fourth-order valence-electron chi connectivity index (χ4n) is 3.72. The third-order valence-corrected chi connectivity index (χ3v) is 5.28. The highest BCUT2D eigenvalue weighted by molar-refractivity contribution is 6.07. The average molecular weight is 401 g/mol. The zero-order chi connectivity index (χ0) is 19.0. The van der Waals surface area contributed by atoms with E-state index in [0.29, 0.717) is 16.5 Å². The van der Waals surface area contributed by atoms with Crippen molar-refractivity contribution >= 4 is 45.4 Å². The number of hydrogen-bond donors (Lipinski definition) is 1. The van der Waals surface area contributed by atoms with Crippen molar-refractivity contribution in [2.45, 2.75) is 13.8 Å². The van der Waals surface area contributed by atoms with Gasteiger partial charge in [0.1, 0.15) is 12.1 Å². The first-order valence-corrected chi connectivity index (χ1v) is 9.37. The van der Waals surface area contributed by atoms with Crippen molar-refractivity contribution in [3.05, 3.63) is 46.9 Å². The Hall–Kier alpha value is -2.57. The molecule has 2 aromatic carbocycles. The fraction of sp³-hybridized carbons (Fsp3) is 0.333. The van der Waals surface area contributed by atoms with E-state index in [2.05, 4.69) is 29.0 Å². The molecule has 0 amide bonds. The lowest BCUT2D eigenvalue weighted by Crippen LogP contribution is -2.28. The highest BCUT2D eigenvalue weighted by Gasteiger charge is 2.17. The Balaban J connectivity index is 0.00000225. The van der Waals surface area contributed by atoms with E-state index in [1.807, 2.05) is 28.7 Å². The molecule has 4 rings (SSSR count). The number of pyridine rings is 1. The van der Waals surface area contributed by atoms with E-state index in [-0.39, 0.29) is 17.8 Å². The fourth-order valence-corrected chi connectivity index (χ4v) is 3.72. The number of aromatic nitrogens is 2. The first-order valence-electron chi connectivity index (χ1n) is 9.37. The van der Waals surface area contributed by atoms with Crippen molar-refractivity contribution in [1.82, 2.24) is 14.3 Å². The molecule has 2 aromatic heterocycles. The molecular weight excluding hydrogens is 376 g/mol. The molecule has 0 spiro atoms. The molecule has 0 aliphatic rings. The minimum absolute atomic E-state index is 0. The number of halogens is 1. The molecule has 4 aromatic rings. The van der Waals surface area contributed by atoms with Crippen LogP contribution in [0, 0.1) is 0 Å². The maximum atomic E-state index is 13.3. The molecule has 2 heterocycles. The summed E-state index contributed by atoms with van der Waals surface area (Å²) < 4.78 is 7.32. The Labute approximate surface area is 169 Å². The Morgan fingerprint density at radius 1 is 1.18 bits per heavy atom. The molecule has 0 unspecified atom stereocenters. The third-order valence-electron chi connectivity index (χ3n) is 5.28. The molecule has 0 aliphatic carbocycles. The van der Waals surface area contributed by atoms with Gasteiger partial charge in [-0.05, 0) is 43.4 Å². The number of nitrogens with one attached hydrogen (secondary N) is 1. The molecule has 1 N–H and O–H groups in total. The van der Waals surface area contributed by atoms with E-state index in [1.165, 1.54) is 0 Å². The van der Waals surface area contributed by atoms with E-state index in [1.54, 1.807) is 19.5 Å². The number of imidazole rings is 1. The van der Waals surface area contributed by atoms with Gasteiger partial charge < -0.3 is 15.0 Å². The minimum atomic E-state index is 0. The molecule has 0 fully saturated rings. The summed E-state index contributed by atoms with van der Waals surface area (Å²) in [6.07, 6.45) is 1.78. The molecular formula is C21H25ClN4O2. The Morgan fingerprint density at radius 2 is 1.96 bits per heavy atom. The van der Waals surface area contributed by atoms with Crippen LogP contribution in [0.5, 0.6) is 5.75 Å². The van der Waals surface area contributed by atoms with Gasteiger partial charge in [-0.15, -0.1) is 12.4 Å². The second kappa shape index (κ2) is 8.20. The molecule has 0 bridgehead atoms. The number of likely N-dealkylation sites (N-methyl/N-ethyl adjacent to an activating group) is 1. The van der Waals surface area contributed by atoms with Crippen molar-refractivity contribution in [3.63, 3.8) is 0 Å². The molecule has 0 saturated carbocycles. The number of rotatable bonds is 7. The molecule has 0 saturated heterocycles. The van der Waals surface area contributed by atoms with Gasteiger partial charge in [0.15, 0.2) is 5.43 Å². The summed E-state index contributed by atoms with van der Waals surface area (Å²) in [5.41, 5.74) is 3.40. The number of methoxy groups -OCH3 is 1. The number of hydrogen-bond acceptors (Lipinski definition) is 5. The maximum Gasteiger partial charge on any atom is 0.199 e. The summed E-state index contributed by atoms with van der Waals surface area (Å²) in [6, 6.07) is 9.52. The van der Waals surface area contributed by atoms with Crippen molar-refractivity contribution in [2.75, 3.05) is 38.6 Å². The van der Waals surface area contributed by atoms with E-state index in [0.717, 1.165) is 48.4 Å². The van der Waals surface area contributed by atoms with Crippen LogP contribution in [-0.4, -0.2) is 47.6 Å².